The monoisotopic (exact) mass is 243 g/mol. The van der Waals surface area contributed by atoms with Crippen LogP contribution in [0.25, 0.3) is 0 Å². The molecule has 0 aromatic heterocycles. The quantitative estimate of drug-likeness (QED) is 0.769. The Labute approximate surface area is 104 Å². The molecule has 3 atom stereocenters. The van der Waals surface area contributed by atoms with E-state index in [4.69, 9.17) is 15.2 Å². The summed E-state index contributed by atoms with van der Waals surface area (Å²) in [6.45, 7) is 5.57. The predicted molar refractivity (Wildman–Crippen MR) is 66.6 cm³/mol. The van der Waals surface area contributed by atoms with Crippen LogP contribution in [0.4, 0.5) is 0 Å². The van der Waals surface area contributed by atoms with E-state index < -0.39 is 11.6 Å². The summed E-state index contributed by atoms with van der Waals surface area (Å²) >= 11 is 0. The van der Waals surface area contributed by atoms with Gasteiger partial charge in [0.1, 0.15) is 11.6 Å². The van der Waals surface area contributed by atoms with E-state index in [1.54, 1.807) is 7.11 Å². The Bertz CT molecular complexity index is 260. The highest BCUT2D eigenvalue weighted by molar-refractivity contribution is 5.76. The Balaban J connectivity index is 2.51. The van der Waals surface area contributed by atoms with Crippen LogP contribution in [0.5, 0.6) is 0 Å². The maximum Gasteiger partial charge on any atom is 0.323 e. The third-order valence-electron chi connectivity index (χ3n) is 3.19. The van der Waals surface area contributed by atoms with Crippen molar-refractivity contribution in [2.75, 3.05) is 7.11 Å². The van der Waals surface area contributed by atoms with Crippen LogP contribution < -0.4 is 5.73 Å². The lowest BCUT2D eigenvalue weighted by Gasteiger charge is -2.32. The standard InChI is InChI=1S/C13H25NO3/c1-13(2,3)17-12(15)11(14)9-6-5-7-10(8-9)16-4/h9-11H,5-8,14H2,1-4H3. The second-order valence-corrected chi connectivity index (χ2v) is 5.84. The molecule has 1 saturated carbocycles. The number of nitrogens with two attached hydrogens (primary N) is 1. The molecule has 100 valence electrons. The molecule has 0 radical (unpaired) electrons. The third kappa shape index (κ3) is 4.64. The number of ether oxygens (including phenoxy) is 2. The predicted octanol–water partition coefficient (Wildman–Crippen LogP) is 1.86. The fraction of sp³-hybridized carbons (Fsp3) is 0.923. The fourth-order valence-corrected chi connectivity index (χ4v) is 2.28. The molecule has 4 heteroatoms. The number of hydrogen-bond acceptors (Lipinski definition) is 4. The number of hydrogen-bond donors (Lipinski definition) is 1. The van der Waals surface area contributed by atoms with Gasteiger partial charge in [0.2, 0.25) is 0 Å². The molecular formula is C13H25NO3. The first-order valence-electron chi connectivity index (χ1n) is 6.34. The van der Waals surface area contributed by atoms with E-state index in [0.29, 0.717) is 0 Å². The summed E-state index contributed by atoms with van der Waals surface area (Å²) in [4.78, 5) is 11.9. The van der Waals surface area contributed by atoms with Gasteiger partial charge in [0.25, 0.3) is 0 Å². The van der Waals surface area contributed by atoms with Crippen molar-refractivity contribution in [1.29, 1.82) is 0 Å². The Kier molecular flexibility index (Phi) is 4.95. The molecule has 0 spiro atoms. The smallest absolute Gasteiger partial charge is 0.323 e. The van der Waals surface area contributed by atoms with Crippen LogP contribution in [0.3, 0.4) is 0 Å². The van der Waals surface area contributed by atoms with E-state index >= 15 is 0 Å². The minimum absolute atomic E-state index is 0.184. The molecule has 1 fully saturated rings. The molecule has 0 saturated heterocycles. The summed E-state index contributed by atoms with van der Waals surface area (Å²) < 4.78 is 10.7. The zero-order chi connectivity index (χ0) is 13.1. The molecule has 0 aliphatic heterocycles. The van der Waals surface area contributed by atoms with Crippen LogP contribution in [-0.4, -0.2) is 30.8 Å². The molecule has 0 aromatic rings. The lowest BCUT2D eigenvalue weighted by Crippen LogP contribution is -2.44. The van der Waals surface area contributed by atoms with Crippen molar-refractivity contribution < 1.29 is 14.3 Å². The Morgan fingerprint density at radius 3 is 2.53 bits per heavy atom. The molecule has 1 aliphatic rings. The number of carbonyl (C=O) groups excluding carboxylic acids is 1. The molecule has 17 heavy (non-hydrogen) atoms. The van der Waals surface area contributed by atoms with Gasteiger partial charge in [0, 0.05) is 7.11 Å². The number of carbonyl (C=O) groups is 1. The zero-order valence-electron chi connectivity index (χ0n) is 11.4. The summed E-state index contributed by atoms with van der Waals surface area (Å²) in [6.07, 6.45) is 4.22. The summed E-state index contributed by atoms with van der Waals surface area (Å²) in [7, 11) is 1.71. The van der Waals surface area contributed by atoms with Gasteiger partial charge < -0.3 is 15.2 Å². The minimum atomic E-state index is -0.521. The first-order valence-corrected chi connectivity index (χ1v) is 6.34. The second-order valence-electron chi connectivity index (χ2n) is 5.84. The largest absolute Gasteiger partial charge is 0.459 e. The van der Waals surface area contributed by atoms with Gasteiger partial charge in [0.15, 0.2) is 0 Å². The molecule has 1 aliphatic carbocycles. The van der Waals surface area contributed by atoms with Crippen LogP contribution in [0, 0.1) is 5.92 Å². The van der Waals surface area contributed by atoms with Crippen molar-refractivity contribution in [2.45, 2.75) is 64.2 Å². The number of rotatable bonds is 3. The van der Waals surface area contributed by atoms with Crippen molar-refractivity contribution in [3.05, 3.63) is 0 Å². The van der Waals surface area contributed by atoms with E-state index in [-0.39, 0.29) is 18.0 Å². The molecule has 2 N–H and O–H groups in total. The highest BCUT2D eigenvalue weighted by atomic mass is 16.6. The minimum Gasteiger partial charge on any atom is -0.459 e. The van der Waals surface area contributed by atoms with Crippen molar-refractivity contribution in [1.82, 2.24) is 0 Å². The fourth-order valence-electron chi connectivity index (χ4n) is 2.28. The van der Waals surface area contributed by atoms with Gasteiger partial charge in [0.05, 0.1) is 6.10 Å². The van der Waals surface area contributed by atoms with E-state index in [0.717, 1.165) is 25.7 Å². The molecule has 3 unspecified atom stereocenters. The summed E-state index contributed by atoms with van der Waals surface area (Å²) in [5, 5.41) is 0. The van der Waals surface area contributed by atoms with Gasteiger partial charge in [-0.25, -0.2) is 0 Å². The zero-order valence-corrected chi connectivity index (χ0v) is 11.4. The van der Waals surface area contributed by atoms with Crippen LogP contribution in [-0.2, 0) is 14.3 Å². The first-order chi connectivity index (χ1) is 7.83. The Morgan fingerprint density at radius 1 is 1.35 bits per heavy atom. The first kappa shape index (κ1) is 14.5. The molecule has 4 nitrogen and oxygen atoms in total. The molecule has 0 bridgehead atoms. The van der Waals surface area contributed by atoms with Gasteiger partial charge in [-0.1, -0.05) is 6.42 Å². The van der Waals surface area contributed by atoms with E-state index in [1.807, 2.05) is 20.8 Å². The van der Waals surface area contributed by atoms with Gasteiger partial charge in [-0.15, -0.1) is 0 Å². The second kappa shape index (κ2) is 5.83. The van der Waals surface area contributed by atoms with E-state index in [2.05, 4.69) is 0 Å². The molecule has 1 rings (SSSR count). The van der Waals surface area contributed by atoms with E-state index in [9.17, 15) is 4.79 Å². The van der Waals surface area contributed by atoms with Crippen LogP contribution in [0.15, 0.2) is 0 Å². The summed E-state index contributed by atoms with van der Waals surface area (Å²) in [5.74, 6) is -0.109. The van der Waals surface area contributed by atoms with Gasteiger partial charge in [-0.05, 0) is 46.0 Å². The molecule has 0 heterocycles. The van der Waals surface area contributed by atoms with Crippen molar-refractivity contribution in [2.24, 2.45) is 11.7 Å². The lowest BCUT2D eigenvalue weighted by molar-refractivity contribution is -0.158. The van der Waals surface area contributed by atoms with Crippen molar-refractivity contribution in [3.63, 3.8) is 0 Å². The SMILES string of the molecule is COC1CCCC(C(N)C(=O)OC(C)(C)C)C1. The highest BCUT2D eigenvalue weighted by Gasteiger charge is 2.32. The lowest BCUT2D eigenvalue weighted by atomic mass is 9.82. The Hall–Kier alpha value is -0.610. The average molecular weight is 243 g/mol. The summed E-state index contributed by atoms with van der Waals surface area (Å²) in [6, 6.07) is -0.521. The number of methoxy groups -OCH3 is 1. The molecular weight excluding hydrogens is 218 g/mol. The Morgan fingerprint density at radius 2 is 2.00 bits per heavy atom. The van der Waals surface area contributed by atoms with Crippen LogP contribution in [0.1, 0.15) is 46.5 Å². The van der Waals surface area contributed by atoms with Gasteiger partial charge >= 0.3 is 5.97 Å². The van der Waals surface area contributed by atoms with Crippen LogP contribution >= 0.6 is 0 Å². The maximum atomic E-state index is 11.9. The van der Waals surface area contributed by atoms with Crippen molar-refractivity contribution >= 4 is 5.97 Å². The molecule has 0 amide bonds. The normalized spacial score (nSPS) is 27.6. The average Bonchev–Trinajstić information content (AvgIpc) is 2.26. The van der Waals surface area contributed by atoms with Crippen molar-refractivity contribution in [3.8, 4) is 0 Å². The highest BCUT2D eigenvalue weighted by Crippen LogP contribution is 2.28. The molecule has 0 aromatic carbocycles. The number of esters is 1. The van der Waals surface area contributed by atoms with E-state index in [1.165, 1.54) is 0 Å². The topological polar surface area (TPSA) is 61.5 Å². The van der Waals surface area contributed by atoms with Gasteiger partial charge in [-0.2, -0.15) is 0 Å². The summed E-state index contributed by atoms with van der Waals surface area (Å²) in [5.41, 5.74) is 5.52. The van der Waals surface area contributed by atoms with Gasteiger partial charge in [-0.3, -0.25) is 4.79 Å². The third-order valence-corrected chi connectivity index (χ3v) is 3.19. The van der Waals surface area contributed by atoms with Crippen LogP contribution in [0.2, 0.25) is 0 Å². The maximum absolute atomic E-state index is 11.9.